The molecule has 0 bridgehead atoms. The SMILES string of the molecule is Cc1cccc(CN2CCC(N3CCC(C(=O)N4CCOCC4)CC3)CC2)n1. The van der Waals surface area contributed by atoms with Crippen LogP contribution in [0.5, 0.6) is 0 Å². The number of amides is 1. The summed E-state index contributed by atoms with van der Waals surface area (Å²) in [5.41, 5.74) is 2.28. The van der Waals surface area contributed by atoms with Crippen LogP contribution < -0.4 is 0 Å². The molecule has 3 aliphatic heterocycles. The highest BCUT2D eigenvalue weighted by Gasteiger charge is 2.32. The molecule has 4 heterocycles. The summed E-state index contributed by atoms with van der Waals surface area (Å²) in [4.78, 5) is 24.6. The normalized spacial score (nSPS) is 23.8. The Morgan fingerprint density at radius 2 is 1.75 bits per heavy atom. The zero-order valence-corrected chi connectivity index (χ0v) is 17.2. The molecule has 6 heteroatoms. The molecular weight excluding hydrogens is 352 g/mol. The quantitative estimate of drug-likeness (QED) is 0.791. The second-order valence-corrected chi connectivity index (χ2v) is 8.53. The van der Waals surface area contributed by atoms with Gasteiger partial charge in [-0.1, -0.05) is 6.07 Å². The summed E-state index contributed by atoms with van der Waals surface area (Å²) in [6, 6.07) is 6.98. The molecule has 3 saturated heterocycles. The van der Waals surface area contributed by atoms with Crippen LogP contribution in [-0.4, -0.2) is 84.1 Å². The number of hydrogen-bond acceptors (Lipinski definition) is 5. The molecule has 0 spiro atoms. The Bertz CT molecular complexity index is 646. The molecule has 28 heavy (non-hydrogen) atoms. The molecule has 3 fully saturated rings. The highest BCUT2D eigenvalue weighted by molar-refractivity contribution is 5.79. The number of nitrogens with zero attached hydrogens (tertiary/aromatic N) is 4. The van der Waals surface area contributed by atoms with Gasteiger partial charge < -0.3 is 14.5 Å². The van der Waals surface area contributed by atoms with E-state index in [0.717, 1.165) is 64.3 Å². The number of carbonyl (C=O) groups excluding carboxylic acids is 1. The van der Waals surface area contributed by atoms with E-state index in [1.807, 2.05) is 4.90 Å². The average Bonchev–Trinajstić information content (AvgIpc) is 2.75. The Morgan fingerprint density at radius 1 is 1.04 bits per heavy atom. The van der Waals surface area contributed by atoms with Crippen LogP contribution in [-0.2, 0) is 16.1 Å². The fraction of sp³-hybridized carbons (Fsp3) is 0.727. The monoisotopic (exact) mass is 386 g/mol. The van der Waals surface area contributed by atoms with Gasteiger partial charge in [0.15, 0.2) is 0 Å². The van der Waals surface area contributed by atoms with Gasteiger partial charge in [0.25, 0.3) is 0 Å². The molecule has 0 aliphatic carbocycles. The Morgan fingerprint density at radius 3 is 2.43 bits per heavy atom. The second kappa shape index (κ2) is 9.33. The molecule has 0 atom stereocenters. The highest BCUT2D eigenvalue weighted by Crippen LogP contribution is 2.26. The molecule has 0 radical (unpaired) electrons. The van der Waals surface area contributed by atoms with E-state index in [2.05, 4.69) is 39.9 Å². The summed E-state index contributed by atoms with van der Waals surface area (Å²) in [7, 11) is 0. The lowest BCUT2D eigenvalue weighted by atomic mass is 9.92. The number of piperidine rings is 2. The first-order valence-corrected chi connectivity index (χ1v) is 10.9. The molecule has 154 valence electrons. The molecule has 4 rings (SSSR count). The standard InChI is InChI=1S/C22H34N4O2/c1-18-3-2-4-20(23-18)17-24-9-7-21(8-10-24)25-11-5-19(6-12-25)22(27)26-13-15-28-16-14-26/h2-4,19,21H,5-17H2,1H3. The van der Waals surface area contributed by atoms with E-state index in [-0.39, 0.29) is 5.92 Å². The first kappa shape index (κ1) is 19.8. The minimum absolute atomic E-state index is 0.224. The van der Waals surface area contributed by atoms with Crippen LogP contribution in [0.1, 0.15) is 37.1 Å². The maximum atomic E-state index is 12.7. The first-order chi connectivity index (χ1) is 13.7. The van der Waals surface area contributed by atoms with E-state index in [1.165, 1.54) is 18.5 Å². The topological polar surface area (TPSA) is 48.9 Å². The van der Waals surface area contributed by atoms with Crippen LogP contribution in [0.4, 0.5) is 0 Å². The predicted octanol–water partition coefficient (Wildman–Crippen LogP) is 1.93. The number of aryl methyl sites for hydroxylation is 1. The molecule has 1 amide bonds. The number of pyridine rings is 1. The van der Waals surface area contributed by atoms with Crippen molar-refractivity contribution in [3.8, 4) is 0 Å². The first-order valence-electron chi connectivity index (χ1n) is 10.9. The zero-order chi connectivity index (χ0) is 19.3. The van der Waals surface area contributed by atoms with E-state index in [0.29, 0.717) is 25.2 Å². The van der Waals surface area contributed by atoms with Crippen LogP contribution in [0, 0.1) is 12.8 Å². The fourth-order valence-corrected chi connectivity index (χ4v) is 4.91. The van der Waals surface area contributed by atoms with Crippen molar-refractivity contribution in [3.05, 3.63) is 29.6 Å². The van der Waals surface area contributed by atoms with Gasteiger partial charge in [-0.25, -0.2) is 0 Å². The summed E-state index contributed by atoms with van der Waals surface area (Å²) in [6.07, 6.45) is 4.50. The van der Waals surface area contributed by atoms with Crippen molar-refractivity contribution in [1.82, 2.24) is 19.7 Å². The van der Waals surface area contributed by atoms with Gasteiger partial charge in [-0.05, 0) is 57.8 Å². The summed E-state index contributed by atoms with van der Waals surface area (Å²) < 4.78 is 5.38. The van der Waals surface area contributed by atoms with Gasteiger partial charge in [0.2, 0.25) is 5.91 Å². The summed E-state index contributed by atoms with van der Waals surface area (Å²) in [5, 5.41) is 0. The molecule has 1 aromatic heterocycles. The molecule has 3 aliphatic rings. The number of ether oxygens (including phenoxy) is 1. The molecule has 6 nitrogen and oxygen atoms in total. The number of morpholine rings is 1. The Balaban J connectivity index is 1.20. The lowest BCUT2D eigenvalue weighted by Crippen LogP contribution is -2.50. The van der Waals surface area contributed by atoms with Gasteiger partial charge in [-0.2, -0.15) is 0 Å². The number of carbonyl (C=O) groups is 1. The largest absolute Gasteiger partial charge is 0.378 e. The molecule has 0 saturated carbocycles. The minimum atomic E-state index is 0.224. The van der Waals surface area contributed by atoms with Crippen molar-refractivity contribution in [1.29, 1.82) is 0 Å². The van der Waals surface area contributed by atoms with Crippen LogP contribution >= 0.6 is 0 Å². The maximum absolute atomic E-state index is 12.7. The van der Waals surface area contributed by atoms with Crippen molar-refractivity contribution in [2.45, 2.75) is 45.2 Å². The van der Waals surface area contributed by atoms with Gasteiger partial charge in [0.1, 0.15) is 0 Å². The third-order valence-corrected chi connectivity index (χ3v) is 6.61. The van der Waals surface area contributed by atoms with Crippen molar-refractivity contribution < 1.29 is 9.53 Å². The van der Waals surface area contributed by atoms with Gasteiger partial charge in [0, 0.05) is 50.4 Å². The van der Waals surface area contributed by atoms with Crippen LogP contribution in [0.2, 0.25) is 0 Å². The molecule has 1 aromatic rings. The van der Waals surface area contributed by atoms with Gasteiger partial charge in [0.05, 0.1) is 18.9 Å². The number of likely N-dealkylation sites (tertiary alicyclic amines) is 2. The van der Waals surface area contributed by atoms with Crippen molar-refractivity contribution in [2.75, 3.05) is 52.5 Å². The second-order valence-electron chi connectivity index (χ2n) is 8.53. The molecule has 0 aromatic carbocycles. The van der Waals surface area contributed by atoms with E-state index >= 15 is 0 Å². The molecule has 0 unspecified atom stereocenters. The van der Waals surface area contributed by atoms with E-state index < -0.39 is 0 Å². The van der Waals surface area contributed by atoms with Crippen LogP contribution in [0.3, 0.4) is 0 Å². The fourth-order valence-electron chi connectivity index (χ4n) is 4.91. The zero-order valence-electron chi connectivity index (χ0n) is 17.2. The van der Waals surface area contributed by atoms with Crippen LogP contribution in [0.15, 0.2) is 18.2 Å². The summed E-state index contributed by atoms with van der Waals surface area (Å²) >= 11 is 0. The van der Waals surface area contributed by atoms with Gasteiger partial charge >= 0.3 is 0 Å². The summed E-state index contributed by atoms with van der Waals surface area (Å²) in [5.74, 6) is 0.588. The minimum Gasteiger partial charge on any atom is -0.378 e. The Kier molecular flexibility index (Phi) is 6.60. The Hall–Kier alpha value is -1.50. The number of hydrogen-bond donors (Lipinski definition) is 0. The number of aromatic nitrogens is 1. The van der Waals surface area contributed by atoms with Crippen molar-refractivity contribution in [2.24, 2.45) is 5.92 Å². The average molecular weight is 387 g/mol. The highest BCUT2D eigenvalue weighted by atomic mass is 16.5. The van der Waals surface area contributed by atoms with Crippen LogP contribution in [0.25, 0.3) is 0 Å². The van der Waals surface area contributed by atoms with Gasteiger partial charge in [-0.3, -0.25) is 14.7 Å². The Labute approximate surface area is 168 Å². The van der Waals surface area contributed by atoms with E-state index in [1.54, 1.807) is 0 Å². The molecular formula is C22H34N4O2. The lowest BCUT2D eigenvalue weighted by Gasteiger charge is -2.42. The molecule has 0 N–H and O–H groups in total. The predicted molar refractivity (Wildman–Crippen MR) is 109 cm³/mol. The smallest absolute Gasteiger partial charge is 0.225 e. The van der Waals surface area contributed by atoms with E-state index in [9.17, 15) is 4.79 Å². The van der Waals surface area contributed by atoms with Crippen molar-refractivity contribution >= 4 is 5.91 Å². The lowest BCUT2D eigenvalue weighted by molar-refractivity contribution is -0.141. The third kappa shape index (κ3) is 4.91. The van der Waals surface area contributed by atoms with Gasteiger partial charge in [-0.15, -0.1) is 0 Å². The third-order valence-electron chi connectivity index (χ3n) is 6.61. The van der Waals surface area contributed by atoms with Crippen molar-refractivity contribution in [3.63, 3.8) is 0 Å². The maximum Gasteiger partial charge on any atom is 0.225 e. The summed E-state index contributed by atoms with van der Waals surface area (Å²) in [6.45, 7) is 10.4. The van der Waals surface area contributed by atoms with E-state index in [4.69, 9.17) is 4.74 Å². The number of rotatable bonds is 4.